The summed E-state index contributed by atoms with van der Waals surface area (Å²) in [5.41, 5.74) is 3.50. The molecular formula is C20H20ClN2OS3+. The highest BCUT2D eigenvalue weighted by molar-refractivity contribution is 8.12. The van der Waals surface area contributed by atoms with Crippen molar-refractivity contribution >= 4 is 46.3 Å². The minimum atomic E-state index is -0.729. The Morgan fingerprint density at radius 2 is 2.19 bits per heavy atom. The van der Waals surface area contributed by atoms with Crippen molar-refractivity contribution in [1.82, 2.24) is 4.98 Å². The first-order chi connectivity index (χ1) is 13.2. The molecule has 2 aromatic rings. The Balaban J connectivity index is 1.94. The van der Waals surface area contributed by atoms with Gasteiger partial charge in [-0.3, -0.25) is 0 Å². The fourth-order valence-corrected chi connectivity index (χ4v) is 6.34. The zero-order chi connectivity index (χ0) is 19.1. The van der Waals surface area contributed by atoms with E-state index in [4.69, 9.17) is 16.6 Å². The molecule has 0 amide bonds. The van der Waals surface area contributed by atoms with Crippen LogP contribution in [0.3, 0.4) is 0 Å². The zero-order valence-corrected chi connectivity index (χ0v) is 17.9. The Labute approximate surface area is 176 Å². The SMILES string of the molecule is N#Cc1c(-c2ccccc2)cc(C2CC=CS2)nc1SC[S+](O)CCCCl. The van der Waals surface area contributed by atoms with Gasteiger partial charge in [-0.05, 0) is 35.2 Å². The maximum atomic E-state index is 10.2. The normalized spacial score (nSPS) is 17.0. The molecule has 1 aliphatic heterocycles. The number of benzene rings is 1. The quantitative estimate of drug-likeness (QED) is 0.309. The van der Waals surface area contributed by atoms with Gasteiger partial charge in [0.15, 0.2) is 16.3 Å². The molecule has 2 unspecified atom stereocenters. The predicted octanol–water partition coefficient (Wildman–Crippen LogP) is 6.08. The number of hydrogen-bond acceptors (Lipinski definition) is 5. The molecule has 1 N–H and O–H groups in total. The molecule has 3 nitrogen and oxygen atoms in total. The average molecular weight is 436 g/mol. The summed E-state index contributed by atoms with van der Waals surface area (Å²) in [5.74, 6) is 1.24. The van der Waals surface area contributed by atoms with Crippen LogP contribution in [0.2, 0.25) is 0 Å². The first-order valence-corrected chi connectivity index (χ1v) is 12.6. The van der Waals surface area contributed by atoms with Crippen LogP contribution in [0.15, 0.2) is 52.9 Å². The van der Waals surface area contributed by atoms with Crippen LogP contribution in [0, 0.1) is 11.3 Å². The van der Waals surface area contributed by atoms with Gasteiger partial charge in [0.2, 0.25) is 0 Å². The number of alkyl halides is 1. The lowest BCUT2D eigenvalue weighted by Crippen LogP contribution is -2.10. The van der Waals surface area contributed by atoms with E-state index >= 15 is 0 Å². The minimum absolute atomic E-state index is 0.281. The van der Waals surface area contributed by atoms with E-state index in [9.17, 15) is 9.81 Å². The Bertz CT molecular complexity index is 831. The summed E-state index contributed by atoms with van der Waals surface area (Å²) in [6, 6.07) is 14.4. The molecule has 0 bridgehead atoms. The number of pyridine rings is 1. The molecule has 1 aromatic heterocycles. The first-order valence-electron chi connectivity index (χ1n) is 8.59. The van der Waals surface area contributed by atoms with Crippen molar-refractivity contribution < 1.29 is 4.55 Å². The highest BCUT2D eigenvalue weighted by Crippen LogP contribution is 2.41. The van der Waals surface area contributed by atoms with Crippen LogP contribution in [-0.4, -0.2) is 26.3 Å². The third kappa shape index (κ3) is 5.46. The molecule has 1 aliphatic rings. The van der Waals surface area contributed by atoms with E-state index in [1.807, 2.05) is 30.3 Å². The molecule has 0 fully saturated rings. The zero-order valence-electron chi connectivity index (χ0n) is 14.7. The van der Waals surface area contributed by atoms with Gasteiger partial charge in [-0.15, -0.1) is 23.4 Å². The smallest absolute Gasteiger partial charge is 0.192 e. The Kier molecular flexibility index (Phi) is 7.98. The second-order valence-electron chi connectivity index (χ2n) is 5.96. The van der Waals surface area contributed by atoms with E-state index in [1.165, 1.54) is 11.8 Å². The summed E-state index contributed by atoms with van der Waals surface area (Å²) in [6.45, 7) is 0. The number of thioether (sulfide) groups is 2. The Hall–Kier alpha value is -1.10. The van der Waals surface area contributed by atoms with Gasteiger partial charge in [0.25, 0.3) is 0 Å². The second kappa shape index (κ2) is 10.4. The van der Waals surface area contributed by atoms with Crippen LogP contribution in [0.4, 0.5) is 0 Å². The van der Waals surface area contributed by atoms with Crippen molar-refractivity contribution in [2.75, 3.05) is 16.7 Å². The van der Waals surface area contributed by atoms with Crippen LogP contribution in [0.5, 0.6) is 0 Å². The summed E-state index contributed by atoms with van der Waals surface area (Å²) in [5, 5.41) is 13.5. The molecule has 2 heterocycles. The van der Waals surface area contributed by atoms with Gasteiger partial charge < -0.3 is 0 Å². The van der Waals surface area contributed by atoms with Crippen LogP contribution in [0.1, 0.15) is 29.3 Å². The molecule has 7 heteroatoms. The number of halogens is 1. The fraction of sp³-hybridized carbons (Fsp3) is 0.300. The van der Waals surface area contributed by atoms with E-state index in [2.05, 4.69) is 23.6 Å². The first kappa shape index (κ1) is 20.6. The van der Waals surface area contributed by atoms with Crippen LogP contribution in [-0.2, 0) is 11.2 Å². The highest BCUT2D eigenvalue weighted by atomic mass is 35.5. The molecule has 0 aliphatic carbocycles. The number of rotatable bonds is 8. The molecule has 1 aromatic carbocycles. The minimum Gasteiger partial charge on any atom is -0.244 e. The summed E-state index contributed by atoms with van der Waals surface area (Å²) >= 11 is 8.21. The van der Waals surface area contributed by atoms with Crippen molar-refractivity contribution in [3.05, 3.63) is 59.1 Å². The van der Waals surface area contributed by atoms with Crippen LogP contribution < -0.4 is 0 Å². The average Bonchev–Trinajstić information content (AvgIpc) is 3.25. The lowest BCUT2D eigenvalue weighted by molar-refractivity contribution is 0.642. The number of aromatic nitrogens is 1. The van der Waals surface area contributed by atoms with Gasteiger partial charge in [-0.2, -0.15) is 9.81 Å². The molecule has 0 saturated carbocycles. The molecular weight excluding hydrogens is 416 g/mol. The number of allylic oxidation sites excluding steroid dienone is 1. The highest BCUT2D eigenvalue weighted by Gasteiger charge is 2.23. The molecule has 3 rings (SSSR count). The van der Waals surface area contributed by atoms with Crippen LogP contribution >= 0.6 is 35.1 Å². The number of nitrogens with zero attached hydrogens (tertiary/aromatic N) is 2. The van der Waals surface area contributed by atoms with Gasteiger partial charge in [0, 0.05) is 17.9 Å². The van der Waals surface area contributed by atoms with Crippen molar-refractivity contribution in [3.63, 3.8) is 0 Å². The number of hydrogen-bond donors (Lipinski definition) is 1. The van der Waals surface area contributed by atoms with Gasteiger partial charge in [-0.1, -0.05) is 36.4 Å². The summed E-state index contributed by atoms with van der Waals surface area (Å²) in [6.07, 6.45) is 3.89. The topological polar surface area (TPSA) is 56.9 Å². The molecule has 0 saturated heterocycles. The van der Waals surface area contributed by atoms with Crippen molar-refractivity contribution in [2.24, 2.45) is 0 Å². The second-order valence-corrected chi connectivity index (χ2v) is 10.4. The molecule has 0 spiro atoms. The third-order valence-corrected chi connectivity index (χ3v) is 8.33. The monoisotopic (exact) mass is 435 g/mol. The van der Waals surface area contributed by atoms with Gasteiger partial charge in [0.1, 0.15) is 16.8 Å². The maximum Gasteiger partial charge on any atom is 0.192 e. The number of nitriles is 1. The van der Waals surface area contributed by atoms with Crippen molar-refractivity contribution in [3.8, 4) is 17.2 Å². The summed E-state index contributed by atoms with van der Waals surface area (Å²) in [7, 11) is 0. The van der Waals surface area contributed by atoms with E-state index in [-0.39, 0.29) is 5.25 Å². The fourth-order valence-electron chi connectivity index (χ4n) is 2.74. The lowest BCUT2D eigenvalue weighted by Gasteiger charge is -2.15. The predicted molar refractivity (Wildman–Crippen MR) is 119 cm³/mol. The van der Waals surface area contributed by atoms with Crippen molar-refractivity contribution in [1.29, 1.82) is 5.26 Å². The van der Waals surface area contributed by atoms with Crippen molar-refractivity contribution in [2.45, 2.75) is 23.1 Å². The third-order valence-electron chi connectivity index (χ3n) is 4.07. The largest absolute Gasteiger partial charge is 0.244 e. The van der Waals surface area contributed by atoms with Gasteiger partial charge in [0.05, 0.1) is 16.5 Å². The molecule has 27 heavy (non-hydrogen) atoms. The Morgan fingerprint density at radius 1 is 1.37 bits per heavy atom. The van der Waals surface area contributed by atoms with E-state index in [0.29, 0.717) is 27.3 Å². The maximum absolute atomic E-state index is 10.2. The summed E-state index contributed by atoms with van der Waals surface area (Å²) in [4.78, 5) is 4.81. The lowest BCUT2D eigenvalue weighted by atomic mass is 10.00. The van der Waals surface area contributed by atoms with Gasteiger partial charge >= 0.3 is 0 Å². The van der Waals surface area contributed by atoms with Gasteiger partial charge in [-0.25, -0.2) is 4.98 Å². The Morgan fingerprint density at radius 3 is 2.85 bits per heavy atom. The van der Waals surface area contributed by atoms with E-state index in [0.717, 1.165) is 29.7 Å². The molecule has 140 valence electrons. The molecule has 2 atom stereocenters. The van der Waals surface area contributed by atoms with Crippen LogP contribution in [0.25, 0.3) is 11.1 Å². The van der Waals surface area contributed by atoms with E-state index < -0.39 is 11.2 Å². The molecule has 0 radical (unpaired) electrons. The standard InChI is InChI=1S/C20H20ClN2OS3/c21-9-5-11-27(24)14-26-20-17(13-22)16(15-6-2-1-3-7-15)12-18(23-20)19-8-4-10-25-19/h1-4,6-7,10,12,19,24H,5,8-9,11,14H2/q+1. The van der Waals surface area contributed by atoms with E-state index in [1.54, 1.807) is 11.8 Å². The summed E-state index contributed by atoms with van der Waals surface area (Å²) < 4.78 is 10.2.